The first kappa shape index (κ1) is 16.9. The molecular weight excluding hydrogens is 288 g/mol. The van der Waals surface area contributed by atoms with Gasteiger partial charge in [0, 0.05) is 24.4 Å². The van der Waals surface area contributed by atoms with Crippen molar-refractivity contribution >= 4 is 29.4 Å². The van der Waals surface area contributed by atoms with Crippen LogP contribution in [-0.4, -0.2) is 35.2 Å². The van der Waals surface area contributed by atoms with Gasteiger partial charge in [-0.05, 0) is 18.1 Å². The normalized spacial score (nSPS) is 9.67. The summed E-state index contributed by atoms with van der Waals surface area (Å²) < 4.78 is 0. The van der Waals surface area contributed by atoms with Crippen molar-refractivity contribution in [2.75, 3.05) is 23.4 Å². The van der Waals surface area contributed by atoms with E-state index in [1.165, 1.54) is 0 Å². The van der Waals surface area contributed by atoms with E-state index in [0.29, 0.717) is 24.4 Å². The predicted molar refractivity (Wildman–Crippen MR) is 85.6 cm³/mol. The van der Waals surface area contributed by atoms with Crippen LogP contribution in [0, 0.1) is 12.3 Å². The topological polar surface area (TPSA) is 78.4 Å². The van der Waals surface area contributed by atoms with Crippen LogP contribution in [-0.2, 0) is 11.2 Å². The van der Waals surface area contributed by atoms with E-state index in [1.807, 2.05) is 6.07 Å². The molecule has 0 aliphatic carbocycles. The van der Waals surface area contributed by atoms with Crippen LogP contribution in [0.2, 0.25) is 0 Å². The largest absolute Gasteiger partial charge is 0.481 e. The lowest BCUT2D eigenvalue weighted by Gasteiger charge is -2.11. The molecule has 0 atom stereocenters. The molecule has 0 bridgehead atoms. The number of carboxylic acids is 1. The molecule has 1 aromatic carbocycles. The minimum absolute atomic E-state index is 0.0308. The van der Waals surface area contributed by atoms with E-state index >= 15 is 0 Å². The molecule has 0 heterocycles. The maximum Gasteiger partial charge on any atom is 0.319 e. The van der Waals surface area contributed by atoms with E-state index in [0.717, 1.165) is 11.3 Å². The number of rotatable bonds is 8. The molecule has 5 nitrogen and oxygen atoms in total. The van der Waals surface area contributed by atoms with Crippen LogP contribution in [0.3, 0.4) is 0 Å². The Kier molecular flexibility index (Phi) is 7.84. The van der Waals surface area contributed by atoms with Gasteiger partial charge in [0.2, 0.25) is 0 Å². The zero-order chi connectivity index (χ0) is 15.5. The molecule has 21 heavy (non-hydrogen) atoms. The van der Waals surface area contributed by atoms with Gasteiger partial charge in [0.15, 0.2) is 0 Å². The Labute approximate surface area is 128 Å². The summed E-state index contributed by atoms with van der Waals surface area (Å²) in [5, 5.41) is 14.2. The van der Waals surface area contributed by atoms with Crippen LogP contribution < -0.4 is 10.6 Å². The summed E-state index contributed by atoms with van der Waals surface area (Å²) in [5.41, 5.74) is 1.43. The van der Waals surface area contributed by atoms with Crippen LogP contribution in [0.5, 0.6) is 0 Å². The Hall–Kier alpha value is -2.13. The summed E-state index contributed by atoms with van der Waals surface area (Å²) in [5.74, 6) is 3.03. The van der Waals surface area contributed by atoms with E-state index in [4.69, 9.17) is 11.5 Å². The van der Waals surface area contributed by atoms with E-state index in [2.05, 4.69) is 16.6 Å². The van der Waals surface area contributed by atoms with Gasteiger partial charge in [-0.15, -0.1) is 18.2 Å². The fourth-order valence-corrected chi connectivity index (χ4v) is 2.14. The van der Waals surface area contributed by atoms with Crippen molar-refractivity contribution in [3.05, 3.63) is 29.8 Å². The summed E-state index contributed by atoms with van der Waals surface area (Å²) in [7, 11) is 0. The number of terminal acetylenes is 1. The lowest BCUT2D eigenvalue weighted by atomic mass is 10.1. The van der Waals surface area contributed by atoms with Crippen LogP contribution in [0.25, 0.3) is 0 Å². The second-order valence-electron chi connectivity index (χ2n) is 4.19. The SMILES string of the molecule is C#CCSCCNC(=O)Nc1ccccc1CCC(=O)O. The fraction of sp³-hybridized carbons (Fsp3) is 0.333. The summed E-state index contributed by atoms with van der Waals surface area (Å²) in [4.78, 5) is 22.4. The highest BCUT2D eigenvalue weighted by Gasteiger charge is 2.07. The average molecular weight is 306 g/mol. The molecule has 6 heteroatoms. The molecule has 0 unspecified atom stereocenters. The Bertz CT molecular complexity index is 526. The number of urea groups is 1. The summed E-state index contributed by atoms with van der Waals surface area (Å²) in [6, 6.07) is 6.86. The first-order chi connectivity index (χ1) is 10.1. The minimum Gasteiger partial charge on any atom is -0.481 e. The van der Waals surface area contributed by atoms with Crippen molar-refractivity contribution in [1.29, 1.82) is 0 Å². The van der Waals surface area contributed by atoms with E-state index in [-0.39, 0.29) is 12.5 Å². The molecule has 2 amide bonds. The summed E-state index contributed by atoms with van der Waals surface area (Å²) >= 11 is 1.57. The van der Waals surface area contributed by atoms with Gasteiger partial charge in [-0.1, -0.05) is 24.1 Å². The third-order valence-electron chi connectivity index (χ3n) is 2.59. The molecule has 1 rings (SSSR count). The molecule has 0 aliphatic rings. The first-order valence-electron chi connectivity index (χ1n) is 6.49. The molecular formula is C15H18N2O3S. The number of aliphatic carboxylic acids is 1. The Morgan fingerprint density at radius 2 is 2.10 bits per heavy atom. The minimum atomic E-state index is -0.861. The molecule has 0 fully saturated rings. The fourth-order valence-electron chi connectivity index (χ4n) is 1.64. The molecule has 0 saturated carbocycles. The van der Waals surface area contributed by atoms with Gasteiger partial charge < -0.3 is 15.7 Å². The van der Waals surface area contributed by atoms with Crippen LogP contribution >= 0.6 is 11.8 Å². The molecule has 3 N–H and O–H groups in total. The number of amides is 2. The van der Waals surface area contributed by atoms with Gasteiger partial charge in [0.05, 0.1) is 5.75 Å². The highest BCUT2D eigenvalue weighted by atomic mass is 32.2. The van der Waals surface area contributed by atoms with Crippen molar-refractivity contribution < 1.29 is 14.7 Å². The zero-order valence-corrected chi connectivity index (χ0v) is 12.4. The van der Waals surface area contributed by atoms with Crippen molar-refractivity contribution in [2.45, 2.75) is 12.8 Å². The molecule has 0 radical (unpaired) electrons. The Balaban J connectivity index is 2.44. The molecule has 0 aliphatic heterocycles. The van der Waals surface area contributed by atoms with E-state index in [1.54, 1.807) is 30.0 Å². The number of para-hydroxylation sites is 1. The van der Waals surface area contributed by atoms with Gasteiger partial charge >= 0.3 is 12.0 Å². The Morgan fingerprint density at radius 3 is 2.81 bits per heavy atom. The first-order valence-corrected chi connectivity index (χ1v) is 7.64. The predicted octanol–water partition coefficient (Wildman–Crippen LogP) is 2.19. The van der Waals surface area contributed by atoms with Gasteiger partial charge in [-0.3, -0.25) is 4.79 Å². The highest BCUT2D eigenvalue weighted by Crippen LogP contribution is 2.16. The lowest BCUT2D eigenvalue weighted by Crippen LogP contribution is -2.30. The van der Waals surface area contributed by atoms with Crippen molar-refractivity contribution in [3.8, 4) is 12.3 Å². The third kappa shape index (κ3) is 7.28. The average Bonchev–Trinajstić information content (AvgIpc) is 2.46. The highest BCUT2D eigenvalue weighted by molar-refractivity contribution is 7.99. The van der Waals surface area contributed by atoms with Gasteiger partial charge in [-0.25, -0.2) is 4.79 Å². The van der Waals surface area contributed by atoms with Crippen LogP contribution in [0.15, 0.2) is 24.3 Å². The van der Waals surface area contributed by atoms with Crippen LogP contribution in [0.4, 0.5) is 10.5 Å². The zero-order valence-electron chi connectivity index (χ0n) is 11.6. The monoisotopic (exact) mass is 306 g/mol. The van der Waals surface area contributed by atoms with E-state index < -0.39 is 5.97 Å². The number of hydrogen-bond donors (Lipinski definition) is 3. The number of benzene rings is 1. The molecule has 0 spiro atoms. The smallest absolute Gasteiger partial charge is 0.319 e. The van der Waals surface area contributed by atoms with Crippen LogP contribution in [0.1, 0.15) is 12.0 Å². The maximum absolute atomic E-state index is 11.7. The number of carboxylic acid groups (broad SMARTS) is 1. The number of hydrogen-bond acceptors (Lipinski definition) is 3. The lowest BCUT2D eigenvalue weighted by molar-refractivity contribution is -0.136. The second kappa shape index (κ2) is 9.72. The molecule has 112 valence electrons. The summed E-state index contributed by atoms with van der Waals surface area (Å²) in [6.07, 6.45) is 5.54. The summed E-state index contributed by atoms with van der Waals surface area (Å²) in [6.45, 7) is 0.523. The van der Waals surface area contributed by atoms with Crippen molar-refractivity contribution in [3.63, 3.8) is 0 Å². The second-order valence-corrected chi connectivity index (χ2v) is 5.29. The maximum atomic E-state index is 11.7. The van der Waals surface area contributed by atoms with Gasteiger partial charge in [-0.2, -0.15) is 0 Å². The van der Waals surface area contributed by atoms with Crippen molar-refractivity contribution in [1.82, 2.24) is 5.32 Å². The molecule has 1 aromatic rings. The number of nitrogens with one attached hydrogen (secondary N) is 2. The van der Waals surface area contributed by atoms with Crippen molar-refractivity contribution in [2.24, 2.45) is 0 Å². The number of carbonyl (C=O) groups excluding carboxylic acids is 1. The number of carbonyl (C=O) groups is 2. The standard InChI is InChI=1S/C15H18N2O3S/c1-2-10-21-11-9-16-15(20)17-13-6-4-3-5-12(13)7-8-14(18)19/h1,3-6H,7-11H2,(H,18,19)(H2,16,17,20). The quantitative estimate of drug-likeness (QED) is 0.508. The van der Waals surface area contributed by atoms with E-state index in [9.17, 15) is 9.59 Å². The Morgan fingerprint density at radius 1 is 1.33 bits per heavy atom. The molecule has 0 aromatic heterocycles. The number of anilines is 1. The molecule has 0 saturated heterocycles. The number of thioether (sulfide) groups is 1. The number of aryl methyl sites for hydroxylation is 1. The third-order valence-corrected chi connectivity index (χ3v) is 3.45. The van der Waals surface area contributed by atoms with Gasteiger partial charge in [0.1, 0.15) is 0 Å². The van der Waals surface area contributed by atoms with Gasteiger partial charge in [0.25, 0.3) is 0 Å².